The van der Waals surface area contributed by atoms with E-state index in [0.29, 0.717) is 11.5 Å². The average molecular weight is 346 g/mol. The maximum absolute atomic E-state index is 13.1. The zero-order chi connectivity index (χ0) is 17.1. The third kappa shape index (κ3) is 3.57. The van der Waals surface area contributed by atoms with Crippen LogP contribution in [-0.4, -0.2) is 26.1 Å². The Morgan fingerprint density at radius 1 is 1.29 bits per heavy atom. The van der Waals surface area contributed by atoms with Crippen molar-refractivity contribution in [1.29, 1.82) is 0 Å². The van der Waals surface area contributed by atoms with Crippen LogP contribution in [0, 0.1) is 12.7 Å². The summed E-state index contributed by atoms with van der Waals surface area (Å²) in [6.07, 6.45) is 0. The molecule has 1 aromatic heterocycles. The number of nitrogens with one attached hydrogen (secondary N) is 1. The average Bonchev–Trinajstić information content (AvgIpc) is 2.99. The summed E-state index contributed by atoms with van der Waals surface area (Å²) >= 11 is 5.68. The normalized spacial score (nSPS) is 10.6. The molecule has 6 nitrogen and oxygen atoms in total. The van der Waals surface area contributed by atoms with Gasteiger partial charge < -0.3 is 5.32 Å². The number of carbonyl (C=O) groups is 1. The van der Waals surface area contributed by atoms with Crippen molar-refractivity contribution in [3.8, 4) is 11.4 Å². The SMILES string of the molecule is Cc1ccccc1-c1nnn(CC(=O)Nc2ccc(F)c(Cl)c2)n1. The van der Waals surface area contributed by atoms with Gasteiger partial charge in [-0.25, -0.2) is 4.39 Å². The summed E-state index contributed by atoms with van der Waals surface area (Å²) in [4.78, 5) is 13.2. The number of rotatable bonds is 4. The highest BCUT2D eigenvalue weighted by molar-refractivity contribution is 6.31. The van der Waals surface area contributed by atoms with Crippen LogP contribution in [0.3, 0.4) is 0 Å². The van der Waals surface area contributed by atoms with Crippen LogP contribution in [0.2, 0.25) is 5.02 Å². The third-order valence-corrected chi connectivity index (χ3v) is 3.62. The molecule has 0 spiro atoms. The molecule has 24 heavy (non-hydrogen) atoms. The second-order valence-electron chi connectivity index (χ2n) is 5.14. The maximum atomic E-state index is 13.1. The van der Waals surface area contributed by atoms with E-state index in [-0.39, 0.29) is 17.5 Å². The van der Waals surface area contributed by atoms with Gasteiger partial charge >= 0.3 is 0 Å². The largest absolute Gasteiger partial charge is 0.324 e. The number of carbonyl (C=O) groups excluding carboxylic acids is 1. The van der Waals surface area contributed by atoms with E-state index in [1.165, 1.54) is 23.0 Å². The lowest BCUT2D eigenvalue weighted by molar-refractivity contribution is -0.117. The number of aryl methyl sites for hydroxylation is 1. The molecule has 0 saturated heterocycles. The maximum Gasteiger partial charge on any atom is 0.248 e. The van der Waals surface area contributed by atoms with Gasteiger partial charge in [-0.3, -0.25) is 4.79 Å². The van der Waals surface area contributed by atoms with E-state index in [9.17, 15) is 9.18 Å². The first-order chi connectivity index (χ1) is 11.5. The molecule has 0 unspecified atom stereocenters. The number of amides is 1. The zero-order valence-electron chi connectivity index (χ0n) is 12.7. The molecule has 1 N–H and O–H groups in total. The molecule has 3 aromatic rings. The van der Waals surface area contributed by atoms with E-state index in [1.54, 1.807) is 0 Å². The Labute approximate surface area is 142 Å². The fourth-order valence-electron chi connectivity index (χ4n) is 2.14. The van der Waals surface area contributed by atoms with Crippen LogP contribution < -0.4 is 5.32 Å². The van der Waals surface area contributed by atoms with Gasteiger partial charge in [-0.1, -0.05) is 35.9 Å². The van der Waals surface area contributed by atoms with Gasteiger partial charge in [0.15, 0.2) is 0 Å². The van der Waals surface area contributed by atoms with Gasteiger partial charge in [-0.15, -0.1) is 10.2 Å². The minimum Gasteiger partial charge on any atom is -0.324 e. The van der Waals surface area contributed by atoms with Crippen LogP contribution >= 0.6 is 11.6 Å². The molecule has 0 aliphatic heterocycles. The number of anilines is 1. The lowest BCUT2D eigenvalue weighted by Crippen LogP contribution is -2.20. The number of benzene rings is 2. The highest BCUT2D eigenvalue weighted by Gasteiger charge is 2.11. The van der Waals surface area contributed by atoms with Gasteiger partial charge in [0.05, 0.1) is 5.02 Å². The Balaban J connectivity index is 1.69. The van der Waals surface area contributed by atoms with Crippen LogP contribution in [0.1, 0.15) is 5.56 Å². The Bertz CT molecular complexity index is 896. The zero-order valence-corrected chi connectivity index (χ0v) is 13.5. The summed E-state index contributed by atoms with van der Waals surface area (Å²) in [6.45, 7) is 1.83. The fourth-order valence-corrected chi connectivity index (χ4v) is 2.33. The summed E-state index contributed by atoms with van der Waals surface area (Å²) in [5.74, 6) is -0.465. The van der Waals surface area contributed by atoms with Crippen molar-refractivity contribution in [3.63, 3.8) is 0 Å². The molecule has 2 aromatic carbocycles. The number of halogens is 2. The molecule has 0 bridgehead atoms. The van der Waals surface area contributed by atoms with Crippen LogP contribution in [0.15, 0.2) is 42.5 Å². The number of hydrogen-bond donors (Lipinski definition) is 1. The van der Waals surface area contributed by atoms with Gasteiger partial charge in [0.1, 0.15) is 12.4 Å². The number of nitrogens with zero attached hydrogens (tertiary/aromatic N) is 4. The molecule has 0 radical (unpaired) electrons. The highest BCUT2D eigenvalue weighted by atomic mass is 35.5. The van der Waals surface area contributed by atoms with Crippen molar-refractivity contribution in [1.82, 2.24) is 20.2 Å². The predicted molar refractivity (Wildman–Crippen MR) is 88.0 cm³/mol. The molecule has 0 aliphatic rings. The number of aromatic nitrogens is 4. The van der Waals surface area contributed by atoms with Crippen molar-refractivity contribution < 1.29 is 9.18 Å². The van der Waals surface area contributed by atoms with Crippen molar-refractivity contribution in [3.05, 3.63) is 58.9 Å². The molecule has 0 fully saturated rings. The molecular formula is C16H13ClFN5O. The molecule has 122 valence electrons. The summed E-state index contributed by atoms with van der Waals surface area (Å²) in [6, 6.07) is 11.6. The fraction of sp³-hybridized carbons (Fsp3) is 0.125. The summed E-state index contributed by atoms with van der Waals surface area (Å²) < 4.78 is 13.1. The topological polar surface area (TPSA) is 72.7 Å². The second kappa shape index (κ2) is 6.76. The van der Waals surface area contributed by atoms with E-state index in [4.69, 9.17) is 11.6 Å². The van der Waals surface area contributed by atoms with Crippen LogP contribution in [0.4, 0.5) is 10.1 Å². The Morgan fingerprint density at radius 2 is 2.08 bits per heavy atom. The van der Waals surface area contributed by atoms with E-state index >= 15 is 0 Å². The van der Waals surface area contributed by atoms with Gasteiger partial charge in [-0.2, -0.15) is 4.80 Å². The Morgan fingerprint density at radius 3 is 2.83 bits per heavy atom. The van der Waals surface area contributed by atoms with Gasteiger partial charge in [0.2, 0.25) is 11.7 Å². The Hall–Kier alpha value is -2.80. The smallest absolute Gasteiger partial charge is 0.248 e. The van der Waals surface area contributed by atoms with E-state index < -0.39 is 5.82 Å². The first-order valence-corrected chi connectivity index (χ1v) is 7.49. The first kappa shape index (κ1) is 16.1. The van der Waals surface area contributed by atoms with Crippen molar-refractivity contribution >= 4 is 23.2 Å². The molecule has 3 rings (SSSR count). The summed E-state index contributed by atoms with van der Waals surface area (Å²) in [7, 11) is 0. The second-order valence-corrected chi connectivity index (χ2v) is 5.54. The summed E-state index contributed by atoms with van der Waals surface area (Å²) in [5, 5.41) is 14.6. The van der Waals surface area contributed by atoms with Crippen molar-refractivity contribution in [2.45, 2.75) is 13.5 Å². The van der Waals surface area contributed by atoms with Gasteiger partial charge in [-0.05, 0) is 35.9 Å². The number of hydrogen-bond acceptors (Lipinski definition) is 4. The Kier molecular flexibility index (Phi) is 4.52. The van der Waals surface area contributed by atoms with Gasteiger partial charge in [0, 0.05) is 11.3 Å². The minimum atomic E-state index is -0.546. The predicted octanol–water partition coefficient (Wildman–Crippen LogP) is 3.08. The standard InChI is InChI=1S/C16H13ClFN5O/c1-10-4-2-3-5-12(10)16-20-22-23(21-16)9-15(24)19-11-6-7-14(18)13(17)8-11/h2-8H,9H2,1H3,(H,19,24). The number of tetrazole rings is 1. The van der Waals surface area contributed by atoms with Crippen molar-refractivity contribution in [2.75, 3.05) is 5.32 Å². The quantitative estimate of drug-likeness (QED) is 0.788. The third-order valence-electron chi connectivity index (χ3n) is 3.33. The lowest BCUT2D eigenvalue weighted by atomic mass is 10.1. The lowest BCUT2D eigenvalue weighted by Gasteiger charge is -2.05. The monoisotopic (exact) mass is 345 g/mol. The van der Waals surface area contributed by atoms with E-state index in [2.05, 4.69) is 20.7 Å². The molecule has 8 heteroatoms. The van der Waals surface area contributed by atoms with Crippen LogP contribution in [-0.2, 0) is 11.3 Å². The minimum absolute atomic E-state index is 0.0616. The highest BCUT2D eigenvalue weighted by Crippen LogP contribution is 2.20. The first-order valence-electron chi connectivity index (χ1n) is 7.11. The van der Waals surface area contributed by atoms with E-state index in [1.807, 2.05) is 31.2 Å². The molecular weight excluding hydrogens is 333 g/mol. The van der Waals surface area contributed by atoms with Crippen molar-refractivity contribution in [2.24, 2.45) is 0 Å². The molecule has 1 amide bonds. The molecule has 0 aliphatic carbocycles. The van der Waals surface area contributed by atoms with E-state index in [0.717, 1.165) is 11.1 Å². The van der Waals surface area contributed by atoms with Crippen LogP contribution in [0.5, 0.6) is 0 Å². The molecule has 1 heterocycles. The molecule has 0 saturated carbocycles. The molecule has 0 atom stereocenters. The summed E-state index contributed by atoms with van der Waals surface area (Å²) in [5.41, 5.74) is 2.27. The van der Waals surface area contributed by atoms with Crippen LogP contribution in [0.25, 0.3) is 11.4 Å². The van der Waals surface area contributed by atoms with Gasteiger partial charge in [0.25, 0.3) is 0 Å².